The number of ether oxygens (including phenoxy) is 1. The van der Waals surface area contributed by atoms with E-state index in [0.717, 1.165) is 0 Å². The second kappa shape index (κ2) is 6.70. The molecule has 0 aromatic heterocycles. The normalized spacial score (nSPS) is 10.1. The van der Waals surface area contributed by atoms with Gasteiger partial charge in [0.05, 0.1) is 17.7 Å². The fraction of sp³-hybridized carbons (Fsp3) is 0.176. The van der Waals surface area contributed by atoms with Gasteiger partial charge in [0.2, 0.25) is 0 Å². The molecule has 0 unspecified atom stereocenters. The summed E-state index contributed by atoms with van der Waals surface area (Å²) in [7, 11) is 0. The van der Waals surface area contributed by atoms with E-state index >= 15 is 0 Å². The molecule has 21 heavy (non-hydrogen) atoms. The molecule has 1 N–H and O–H groups in total. The zero-order chi connectivity index (χ0) is 15.2. The zero-order valence-corrected chi connectivity index (χ0v) is 11.7. The van der Waals surface area contributed by atoms with Gasteiger partial charge >= 0.3 is 11.9 Å². The van der Waals surface area contributed by atoms with E-state index in [-0.39, 0.29) is 11.1 Å². The Morgan fingerprint density at radius 3 is 2.29 bits per heavy atom. The number of aromatic carboxylic acids is 1. The number of carbonyl (C=O) groups is 2. The Labute approximate surface area is 123 Å². The summed E-state index contributed by atoms with van der Waals surface area (Å²) in [5.41, 5.74) is 1.44. The fourth-order valence-electron chi connectivity index (χ4n) is 2.09. The first kappa shape index (κ1) is 14.8. The first-order valence-electron chi connectivity index (χ1n) is 6.74. The molecular weight excluding hydrogens is 268 g/mol. The van der Waals surface area contributed by atoms with E-state index in [0.29, 0.717) is 24.2 Å². The minimum Gasteiger partial charge on any atom is -0.478 e. The highest BCUT2D eigenvalue weighted by Crippen LogP contribution is 2.28. The maximum Gasteiger partial charge on any atom is 0.338 e. The lowest BCUT2D eigenvalue weighted by atomic mass is 9.94. The molecule has 2 rings (SSSR count). The number of benzene rings is 2. The molecule has 108 valence electrons. The molecule has 0 aliphatic carbocycles. The van der Waals surface area contributed by atoms with Gasteiger partial charge in [0.25, 0.3) is 0 Å². The van der Waals surface area contributed by atoms with Gasteiger partial charge in [-0.2, -0.15) is 0 Å². The van der Waals surface area contributed by atoms with Crippen LogP contribution in [0.5, 0.6) is 0 Å². The van der Waals surface area contributed by atoms with Crippen LogP contribution in [-0.2, 0) is 4.74 Å². The van der Waals surface area contributed by atoms with Crippen LogP contribution in [-0.4, -0.2) is 23.7 Å². The second-order valence-corrected chi connectivity index (χ2v) is 4.54. The Morgan fingerprint density at radius 2 is 1.67 bits per heavy atom. The number of carboxylic acid groups (broad SMARTS) is 1. The second-order valence-electron chi connectivity index (χ2n) is 4.54. The smallest absolute Gasteiger partial charge is 0.338 e. The molecule has 0 fully saturated rings. The molecule has 4 heteroatoms. The molecule has 0 amide bonds. The minimum atomic E-state index is -1.07. The molecule has 0 spiro atoms. The number of esters is 1. The zero-order valence-electron chi connectivity index (χ0n) is 11.7. The van der Waals surface area contributed by atoms with Crippen molar-refractivity contribution in [2.24, 2.45) is 0 Å². The van der Waals surface area contributed by atoms with Crippen LogP contribution in [0.3, 0.4) is 0 Å². The predicted molar refractivity (Wildman–Crippen MR) is 79.4 cm³/mol. The summed E-state index contributed by atoms with van der Waals surface area (Å²) in [6.07, 6.45) is 0.713. The van der Waals surface area contributed by atoms with Gasteiger partial charge in [0.15, 0.2) is 0 Å². The van der Waals surface area contributed by atoms with Crippen molar-refractivity contribution < 1.29 is 19.4 Å². The van der Waals surface area contributed by atoms with Crippen LogP contribution in [0, 0.1) is 0 Å². The predicted octanol–water partition coefficient (Wildman–Crippen LogP) is 3.62. The van der Waals surface area contributed by atoms with Crippen LogP contribution in [0.25, 0.3) is 11.1 Å². The quantitative estimate of drug-likeness (QED) is 0.852. The average molecular weight is 284 g/mol. The van der Waals surface area contributed by atoms with Gasteiger partial charge in [-0.3, -0.25) is 0 Å². The topological polar surface area (TPSA) is 63.6 Å². The van der Waals surface area contributed by atoms with Gasteiger partial charge in [-0.25, -0.2) is 9.59 Å². The summed E-state index contributed by atoms with van der Waals surface area (Å²) in [4.78, 5) is 23.6. The van der Waals surface area contributed by atoms with Gasteiger partial charge in [0, 0.05) is 5.56 Å². The summed E-state index contributed by atoms with van der Waals surface area (Å²) in [5.74, 6) is -1.57. The Kier molecular flexibility index (Phi) is 4.72. The van der Waals surface area contributed by atoms with Gasteiger partial charge in [-0.15, -0.1) is 0 Å². The van der Waals surface area contributed by atoms with Crippen molar-refractivity contribution in [3.05, 3.63) is 59.7 Å². The molecule has 0 bridgehead atoms. The minimum absolute atomic E-state index is 0.0900. The third kappa shape index (κ3) is 3.28. The molecule has 0 radical (unpaired) electrons. The maximum absolute atomic E-state index is 12.2. The fourth-order valence-corrected chi connectivity index (χ4v) is 2.09. The lowest BCUT2D eigenvalue weighted by Gasteiger charge is -2.12. The Morgan fingerprint density at radius 1 is 1.00 bits per heavy atom. The summed E-state index contributed by atoms with van der Waals surface area (Å²) < 4.78 is 5.14. The van der Waals surface area contributed by atoms with E-state index in [1.165, 1.54) is 6.07 Å². The highest BCUT2D eigenvalue weighted by Gasteiger charge is 2.20. The van der Waals surface area contributed by atoms with E-state index in [4.69, 9.17) is 4.74 Å². The van der Waals surface area contributed by atoms with E-state index < -0.39 is 11.9 Å². The highest BCUT2D eigenvalue weighted by molar-refractivity contribution is 6.05. The molecule has 0 aliphatic rings. The van der Waals surface area contributed by atoms with Gasteiger partial charge in [-0.1, -0.05) is 43.3 Å². The molecule has 2 aromatic rings. The van der Waals surface area contributed by atoms with E-state index in [1.807, 2.05) is 13.0 Å². The van der Waals surface area contributed by atoms with Crippen LogP contribution < -0.4 is 0 Å². The van der Waals surface area contributed by atoms with Gasteiger partial charge < -0.3 is 9.84 Å². The van der Waals surface area contributed by atoms with Crippen LogP contribution in [0.4, 0.5) is 0 Å². The van der Waals surface area contributed by atoms with E-state index in [9.17, 15) is 14.7 Å². The lowest BCUT2D eigenvalue weighted by molar-refractivity contribution is 0.0506. The van der Waals surface area contributed by atoms with E-state index in [2.05, 4.69) is 0 Å². The monoisotopic (exact) mass is 284 g/mol. The standard InChI is InChI=1S/C17H16O4/c1-2-11-21-17(20)14-10-6-9-13(16(18)19)15(14)12-7-4-3-5-8-12/h3-10H,2,11H2,1H3,(H,18,19). The van der Waals surface area contributed by atoms with Crippen LogP contribution >= 0.6 is 0 Å². The Hall–Kier alpha value is -2.62. The first-order chi connectivity index (χ1) is 10.1. The molecule has 0 saturated heterocycles. The molecule has 0 heterocycles. The molecular formula is C17H16O4. The van der Waals surface area contributed by atoms with Crippen LogP contribution in [0.1, 0.15) is 34.1 Å². The Bertz CT molecular complexity index is 647. The number of carboxylic acids is 1. The van der Waals surface area contributed by atoms with E-state index in [1.54, 1.807) is 36.4 Å². The van der Waals surface area contributed by atoms with Gasteiger partial charge in [0.1, 0.15) is 0 Å². The number of hydrogen-bond acceptors (Lipinski definition) is 3. The largest absolute Gasteiger partial charge is 0.478 e. The van der Waals surface area contributed by atoms with Crippen molar-refractivity contribution >= 4 is 11.9 Å². The van der Waals surface area contributed by atoms with Crippen LogP contribution in [0.2, 0.25) is 0 Å². The number of hydrogen-bond donors (Lipinski definition) is 1. The third-order valence-electron chi connectivity index (χ3n) is 3.01. The summed E-state index contributed by atoms with van der Waals surface area (Å²) in [5, 5.41) is 9.36. The Balaban J connectivity index is 2.58. The number of carbonyl (C=O) groups excluding carboxylic acids is 1. The SMILES string of the molecule is CCCOC(=O)c1cccc(C(=O)O)c1-c1ccccc1. The van der Waals surface area contributed by atoms with Crippen LogP contribution in [0.15, 0.2) is 48.5 Å². The molecule has 4 nitrogen and oxygen atoms in total. The van der Waals surface area contributed by atoms with Crippen molar-refractivity contribution in [2.45, 2.75) is 13.3 Å². The molecule has 2 aromatic carbocycles. The third-order valence-corrected chi connectivity index (χ3v) is 3.01. The summed E-state index contributed by atoms with van der Waals surface area (Å²) in [6.45, 7) is 2.21. The van der Waals surface area contributed by atoms with Crippen molar-refractivity contribution in [3.8, 4) is 11.1 Å². The lowest BCUT2D eigenvalue weighted by Crippen LogP contribution is -2.11. The van der Waals surface area contributed by atoms with Crippen molar-refractivity contribution in [1.29, 1.82) is 0 Å². The highest BCUT2D eigenvalue weighted by atomic mass is 16.5. The van der Waals surface area contributed by atoms with Crippen molar-refractivity contribution in [1.82, 2.24) is 0 Å². The summed E-state index contributed by atoms with van der Waals surface area (Å²) in [6, 6.07) is 13.6. The van der Waals surface area contributed by atoms with Gasteiger partial charge in [-0.05, 0) is 24.1 Å². The average Bonchev–Trinajstić information content (AvgIpc) is 2.52. The molecule has 0 atom stereocenters. The number of rotatable bonds is 5. The van der Waals surface area contributed by atoms with Crippen molar-refractivity contribution in [2.75, 3.05) is 6.61 Å². The first-order valence-corrected chi connectivity index (χ1v) is 6.74. The molecule has 0 aliphatic heterocycles. The van der Waals surface area contributed by atoms with Crippen molar-refractivity contribution in [3.63, 3.8) is 0 Å². The maximum atomic E-state index is 12.2. The summed E-state index contributed by atoms with van der Waals surface area (Å²) >= 11 is 0. The molecule has 0 saturated carbocycles.